The van der Waals surface area contributed by atoms with Crippen molar-refractivity contribution in [1.29, 1.82) is 5.26 Å². The van der Waals surface area contributed by atoms with E-state index in [9.17, 15) is 15.2 Å². The van der Waals surface area contributed by atoms with Crippen molar-refractivity contribution in [2.45, 2.75) is 13.8 Å². The zero-order valence-electron chi connectivity index (χ0n) is 11.3. The van der Waals surface area contributed by atoms with Gasteiger partial charge < -0.3 is 9.52 Å². The van der Waals surface area contributed by atoms with Gasteiger partial charge in [-0.2, -0.15) is 5.26 Å². The minimum atomic E-state index is -0.571. The number of phenolic OH excluding ortho intramolecular Hbond substituents is 1. The van der Waals surface area contributed by atoms with Gasteiger partial charge in [0.15, 0.2) is 0 Å². The highest BCUT2D eigenvalue weighted by molar-refractivity contribution is 5.86. The number of hydrogen-bond acceptors (Lipinski definition) is 6. The number of aliphatic imine (C=N–C) groups is 1. The third kappa shape index (κ3) is 2.74. The number of aromatic hydroxyl groups is 1. The van der Waals surface area contributed by atoms with Gasteiger partial charge in [0.1, 0.15) is 23.1 Å². The van der Waals surface area contributed by atoms with Gasteiger partial charge in [0.2, 0.25) is 5.88 Å². The lowest BCUT2D eigenvalue weighted by molar-refractivity contribution is -0.384. The summed E-state index contributed by atoms with van der Waals surface area (Å²) in [6.45, 7) is 3.45. The minimum absolute atomic E-state index is 0.110. The second-order valence-electron chi connectivity index (χ2n) is 4.33. The summed E-state index contributed by atoms with van der Waals surface area (Å²) in [7, 11) is 0. The number of non-ortho nitro benzene ring substituents is 1. The molecule has 2 rings (SSSR count). The lowest BCUT2D eigenvalue weighted by atomic mass is 10.2. The molecule has 0 unspecified atom stereocenters. The zero-order valence-corrected chi connectivity index (χ0v) is 11.3. The first-order valence-corrected chi connectivity index (χ1v) is 5.95. The second kappa shape index (κ2) is 5.46. The number of nitro benzene ring substituents is 1. The molecule has 21 heavy (non-hydrogen) atoms. The minimum Gasteiger partial charge on any atom is -0.507 e. The molecule has 0 fully saturated rings. The van der Waals surface area contributed by atoms with Gasteiger partial charge in [0.05, 0.1) is 4.92 Å². The summed E-state index contributed by atoms with van der Waals surface area (Å²) in [5.74, 6) is 0.531. The molecule has 1 aromatic carbocycles. The Morgan fingerprint density at radius 3 is 2.81 bits per heavy atom. The van der Waals surface area contributed by atoms with Crippen LogP contribution in [0.4, 0.5) is 11.6 Å². The predicted octanol–water partition coefficient (Wildman–Crippen LogP) is 3.13. The maximum atomic E-state index is 10.7. The van der Waals surface area contributed by atoms with Crippen molar-refractivity contribution >= 4 is 17.8 Å². The van der Waals surface area contributed by atoms with Gasteiger partial charge in [-0.1, -0.05) is 0 Å². The largest absolute Gasteiger partial charge is 0.507 e. The Bertz CT molecular complexity index is 784. The molecular weight excluding hydrogens is 274 g/mol. The molecule has 0 aliphatic rings. The van der Waals surface area contributed by atoms with Gasteiger partial charge in [-0.05, 0) is 19.9 Å². The van der Waals surface area contributed by atoms with Gasteiger partial charge in [0, 0.05) is 29.5 Å². The molecule has 2 aromatic rings. The number of furan rings is 1. The van der Waals surface area contributed by atoms with Crippen molar-refractivity contribution < 1.29 is 14.4 Å². The summed E-state index contributed by atoms with van der Waals surface area (Å²) >= 11 is 0. The van der Waals surface area contributed by atoms with Crippen LogP contribution in [-0.2, 0) is 0 Å². The van der Waals surface area contributed by atoms with Crippen LogP contribution in [-0.4, -0.2) is 16.2 Å². The van der Waals surface area contributed by atoms with Crippen molar-refractivity contribution in [2.24, 2.45) is 4.99 Å². The van der Waals surface area contributed by atoms with E-state index in [1.807, 2.05) is 6.07 Å². The van der Waals surface area contributed by atoms with Crippen LogP contribution in [0, 0.1) is 35.3 Å². The molecule has 1 N–H and O–H groups in total. The summed E-state index contributed by atoms with van der Waals surface area (Å²) in [6, 6.07) is 5.58. The maximum absolute atomic E-state index is 10.7. The number of phenols is 1. The molecule has 0 aliphatic carbocycles. The van der Waals surface area contributed by atoms with Crippen molar-refractivity contribution in [1.82, 2.24) is 0 Å². The lowest BCUT2D eigenvalue weighted by Crippen LogP contribution is -1.90. The van der Waals surface area contributed by atoms with E-state index < -0.39 is 4.92 Å². The van der Waals surface area contributed by atoms with E-state index in [1.165, 1.54) is 24.4 Å². The number of rotatable bonds is 3. The number of aryl methyl sites for hydroxylation is 1. The molecule has 0 aliphatic heterocycles. The molecule has 1 aromatic heterocycles. The number of nitro groups is 1. The Morgan fingerprint density at radius 1 is 1.48 bits per heavy atom. The first-order chi connectivity index (χ1) is 9.93. The van der Waals surface area contributed by atoms with E-state index in [-0.39, 0.29) is 22.9 Å². The molecular formula is C14H11N3O4. The summed E-state index contributed by atoms with van der Waals surface area (Å²) in [5, 5.41) is 29.4. The molecule has 1 heterocycles. The molecule has 0 amide bonds. The third-order valence-electron chi connectivity index (χ3n) is 3.02. The average Bonchev–Trinajstić information content (AvgIpc) is 2.72. The molecule has 0 saturated carbocycles. The van der Waals surface area contributed by atoms with E-state index in [0.717, 1.165) is 0 Å². The van der Waals surface area contributed by atoms with Crippen molar-refractivity contribution in [3.8, 4) is 11.8 Å². The number of nitrogens with zero attached hydrogens (tertiary/aromatic N) is 3. The van der Waals surface area contributed by atoms with E-state index in [1.54, 1.807) is 13.8 Å². The first-order valence-electron chi connectivity index (χ1n) is 5.95. The molecule has 106 valence electrons. The molecule has 7 nitrogen and oxygen atoms in total. The topological polar surface area (TPSA) is 113 Å². The Kier molecular flexibility index (Phi) is 3.71. The standard InChI is InChI=1S/C14H11N3O4/c1-8-9(2)21-14(12(8)6-15)16-7-10-5-11(17(19)20)3-4-13(10)18/h3-5,7,18H,1-2H3. The summed E-state index contributed by atoms with van der Waals surface area (Å²) < 4.78 is 5.34. The molecule has 7 heteroatoms. The predicted molar refractivity (Wildman–Crippen MR) is 74.9 cm³/mol. The van der Waals surface area contributed by atoms with Crippen LogP contribution in [0.2, 0.25) is 0 Å². The molecule has 0 saturated heterocycles. The number of benzene rings is 1. The van der Waals surface area contributed by atoms with Gasteiger partial charge in [-0.15, -0.1) is 0 Å². The highest BCUT2D eigenvalue weighted by Gasteiger charge is 2.14. The van der Waals surface area contributed by atoms with E-state index in [2.05, 4.69) is 4.99 Å². The van der Waals surface area contributed by atoms with E-state index in [4.69, 9.17) is 9.68 Å². The smallest absolute Gasteiger partial charge is 0.270 e. The van der Waals surface area contributed by atoms with Gasteiger partial charge >= 0.3 is 0 Å². The highest BCUT2D eigenvalue weighted by Crippen LogP contribution is 2.28. The van der Waals surface area contributed by atoms with Crippen LogP contribution in [0.25, 0.3) is 0 Å². The fourth-order valence-electron chi connectivity index (χ4n) is 1.72. The Morgan fingerprint density at radius 2 is 2.19 bits per heavy atom. The van der Waals surface area contributed by atoms with Crippen LogP contribution < -0.4 is 0 Å². The lowest BCUT2D eigenvalue weighted by Gasteiger charge is -1.98. The third-order valence-corrected chi connectivity index (χ3v) is 3.02. The number of hydrogen-bond donors (Lipinski definition) is 1. The zero-order chi connectivity index (χ0) is 15.6. The second-order valence-corrected chi connectivity index (χ2v) is 4.33. The highest BCUT2D eigenvalue weighted by atomic mass is 16.6. The summed E-state index contributed by atoms with van der Waals surface area (Å²) in [5.41, 5.74) is 0.989. The van der Waals surface area contributed by atoms with Crippen molar-refractivity contribution in [3.05, 3.63) is 50.8 Å². The molecule has 0 radical (unpaired) electrons. The van der Waals surface area contributed by atoms with Gasteiger partial charge in [0.25, 0.3) is 5.69 Å². The first kappa shape index (κ1) is 14.3. The average molecular weight is 285 g/mol. The summed E-state index contributed by atoms with van der Waals surface area (Å²) in [6.07, 6.45) is 1.22. The fourth-order valence-corrected chi connectivity index (χ4v) is 1.72. The fraction of sp³-hybridized carbons (Fsp3) is 0.143. The van der Waals surface area contributed by atoms with Crippen LogP contribution in [0.5, 0.6) is 5.75 Å². The van der Waals surface area contributed by atoms with Crippen LogP contribution >= 0.6 is 0 Å². The van der Waals surface area contributed by atoms with E-state index in [0.29, 0.717) is 16.9 Å². The molecule has 0 spiro atoms. The van der Waals surface area contributed by atoms with Gasteiger partial charge in [-0.3, -0.25) is 10.1 Å². The molecule has 0 atom stereocenters. The van der Waals surface area contributed by atoms with Crippen LogP contribution in [0.15, 0.2) is 27.6 Å². The quantitative estimate of drug-likeness (QED) is 0.528. The maximum Gasteiger partial charge on any atom is 0.270 e. The van der Waals surface area contributed by atoms with Gasteiger partial charge in [-0.25, -0.2) is 4.99 Å². The Labute approximate surface area is 119 Å². The Hall–Kier alpha value is -3.14. The summed E-state index contributed by atoms with van der Waals surface area (Å²) in [4.78, 5) is 14.1. The van der Waals surface area contributed by atoms with Crippen molar-refractivity contribution in [3.63, 3.8) is 0 Å². The normalized spacial score (nSPS) is 10.7. The van der Waals surface area contributed by atoms with E-state index >= 15 is 0 Å². The Balaban J connectivity index is 2.43. The monoisotopic (exact) mass is 285 g/mol. The van der Waals surface area contributed by atoms with Crippen molar-refractivity contribution in [2.75, 3.05) is 0 Å². The van der Waals surface area contributed by atoms with Crippen LogP contribution in [0.1, 0.15) is 22.5 Å². The van der Waals surface area contributed by atoms with Crippen LogP contribution in [0.3, 0.4) is 0 Å². The SMILES string of the molecule is Cc1oc(N=Cc2cc([N+](=O)[O-])ccc2O)c(C#N)c1C. The number of nitriles is 1. The molecule has 0 bridgehead atoms.